The molecular weight excluding hydrogens is 167 g/mol. The third-order valence-electron chi connectivity index (χ3n) is 1.83. The van der Waals surface area contributed by atoms with Gasteiger partial charge in [-0.2, -0.15) is 0 Å². The summed E-state index contributed by atoms with van der Waals surface area (Å²) in [4.78, 5) is 0. The van der Waals surface area contributed by atoms with E-state index in [9.17, 15) is 4.39 Å². The van der Waals surface area contributed by atoms with E-state index in [0.29, 0.717) is 19.5 Å². The molecule has 0 heterocycles. The second kappa shape index (κ2) is 5.54. The normalized spacial score (nSPS) is 10.0. The van der Waals surface area contributed by atoms with Crippen molar-refractivity contribution in [3.05, 3.63) is 29.8 Å². The summed E-state index contributed by atoms with van der Waals surface area (Å²) in [5, 5.41) is 3.12. The van der Waals surface area contributed by atoms with E-state index in [-0.39, 0.29) is 6.67 Å². The summed E-state index contributed by atoms with van der Waals surface area (Å²) in [5.74, 6) is 0. The predicted octanol–water partition coefficient (Wildman–Crippen LogP) is 1.92. The molecule has 0 amide bonds. The minimum absolute atomic E-state index is 0.270. The van der Waals surface area contributed by atoms with Gasteiger partial charge in [0, 0.05) is 18.8 Å². The van der Waals surface area contributed by atoms with E-state index in [4.69, 9.17) is 5.73 Å². The molecule has 0 aromatic heterocycles. The maximum Gasteiger partial charge on any atom is 0.0911 e. The Morgan fingerprint density at radius 1 is 1.23 bits per heavy atom. The highest BCUT2D eigenvalue weighted by molar-refractivity contribution is 5.44. The molecule has 0 bridgehead atoms. The van der Waals surface area contributed by atoms with Crippen molar-refractivity contribution in [3.63, 3.8) is 0 Å². The van der Waals surface area contributed by atoms with Gasteiger partial charge in [-0.05, 0) is 24.1 Å². The second-order valence-corrected chi connectivity index (χ2v) is 2.87. The molecule has 0 saturated carbocycles. The molecule has 0 radical (unpaired) electrons. The summed E-state index contributed by atoms with van der Waals surface area (Å²) in [5.41, 5.74) is 7.58. The number of benzene rings is 1. The predicted molar refractivity (Wildman–Crippen MR) is 53.4 cm³/mol. The second-order valence-electron chi connectivity index (χ2n) is 2.87. The van der Waals surface area contributed by atoms with Gasteiger partial charge in [-0.3, -0.25) is 4.39 Å². The van der Waals surface area contributed by atoms with E-state index < -0.39 is 0 Å². The van der Waals surface area contributed by atoms with Crippen LogP contribution in [0.25, 0.3) is 0 Å². The number of rotatable bonds is 5. The molecule has 0 aliphatic heterocycles. The summed E-state index contributed by atoms with van der Waals surface area (Å²) >= 11 is 0. The van der Waals surface area contributed by atoms with Crippen LogP contribution in [0.3, 0.4) is 0 Å². The minimum Gasteiger partial charge on any atom is -0.385 e. The van der Waals surface area contributed by atoms with Crippen molar-refractivity contribution in [3.8, 4) is 0 Å². The smallest absolute Gasteiger partial charge is 0.0911 e. The molecule has 1 aromatic carbocycles. The van der Waals surface area contributed by atoms with E-state index in [1.807, 2.05) is 24.3 Å². The van der Waals surface area contributed by atoms with E-state index in [0.717, 1.165) is 11.3 Å². The van der Waals surface area contributed by atoms with Gasteiger partial charge in [0.2, 0.25) is 0 Å². The lowest BCUT2D eigenvalue weighted by Crippen LogP contribution is -2.02. The van der Waals surface area contributed by atoms with Crippen molar-refractivity contribution in [1.82, 2.24) is 0 Å². The SMILES string of the molecule is NCc1ccc(NCCCF)cc1. The largest absolute Gasteiger partial charge is 0.385 e. The van der Waals surface area contributed by atoms with Crippen LogP contribution < -0.4 is 11.1 Å². The number of nitrogens with one attached hydrogen (secondary N) is 1. The topological polar surface area (TPSA) is 38.0 Å². The molecule has 3 N–H and O–H groups in total. The number of nitrogens with two attached hydrogens (primary N) is 1. The Balaban J connectivity index is 2.40. The zero-order chi connectivity index (χ0) is 9.52. The fourth-order valence-electron chi connectivity index (χ4n) is 1.06. The van der Waals surface area contributed by atoms with Crippen molar-refractivity contribution in [2.24, 2.45) is 5.73 Å². The molecule has 0 atom stereocenters. The van der Waals surface area contributed by atoms with Gasteiger partial charge in [-0.15, -0.1) is 0 Å². The molecule has 72 valence electrons. The van der Waals surface area contributed by atoms with Crippen LogP contribution in [0.5, 0.6) is 0 Å². The molecule has 1 rings (SSSR count). The third-order valence-corrected chi connectivity index (χ3v) is 1.83. The van der Waals surface area contributed by atoms with Gasteiger partial charge in [0.1, 0.15) is 0 Å². The van der Waals surface area contributed by atoms with Gasteiger partial charge in [0.05, 0.1) is 6.67 Å². The third kappa shape index (κ3) is 3.42. The Hall–Kier alpha value is -1.09. The molecule has 0 saturated heterocycles. The van der Waals surface area contributed by atoms with Crippen LogP contribution in [0.4, 0.5) is 10.1 Å². The summed E-state index contributed by atoms with van der Waals surface area (Å²) in [6.07, 6.45) is 0.554. The quantitative estimate of drug-likeness (QED) is 0.683. The van der Waals surface area contributed by atoms with Gasteiger partial charge < -0.3 is 11.1 Å². The molecule has 2 nitrogen and oxygen atoms in total. The van der Waals surface area contributed by atoms with Crippen LogP contribution >= 0.6 is 0 Å². The Morgan fingerprint density at radius 3 is 2.46 bits per heavy atom. The van der Waals surface area contributed by atoms with Crippen LogP contribution in [0.15, 0.2) is 24.3 Å². The Labute approximate surface area is 77.9 Å². The zero-order valence-electron chi connectivity index (χ0n) is 7.59. The highest BCUT2D eigenvalue weighted by Crippen LogP contribution is 2.08. The Bertz CT molecular complexity index is 233. The number of alkyl halides is 1. The standard InChI is InChI=1S/C10H15FN2/c11-6-1-7-13-10-4-2-9(8-12)3-5-10/h2-5,13H,1,6-8,12H2. The molecule has 0 spiro atoms. The van der Waals surface area contributed by atoms with Crippen LogP contribution in [0.2, 0.25) is 0 Å². The lowest BCUT2D eigenvalue weighted by Gasteiger charge is -2.05. The summed E-state index contributed by atoms with van der Waals surface area (Å²) in [6, 6.07) is 7.86. The fraction of sp³-hybridized carbons (Fsp3) is 0.400. The van der Waals surface area contributed by atoms with Gasteiger partial charge in [0.15, 0.2) is 0 Å². The first-order valence-corrected chi connectivity index (χ1v) is 4.45. The number of halogens is 1. The number of anilines is 1. The first kappa shape index (κ1) is 9.99. The highest BCUT2D eigenvalue weighted by Gasteiger charge is 1.91. The Morgan fingerprint density at radius 2 is 1.92 bits per heavy atom. The van der Waals surface area contributed by atoms with E-state index in [2.05, 4.69) is 5.32 Å². The van der Waals surface area contributed by atoms with Crippen LogP contribution in [0, 0.1) is 0 Å². The molecule has 13 heavy (non-hydrogen) atoms. The number of hydrogen-bond acceptors (Lipinski definition) is 2. The van der Waals surface area contributed by atoms with Crippen molar-refractivity contribution in [2.45, 2.75) is 13.0 Å². The molecule has 0 unspecified atom stereocenters. The molecule has 3 heteroatoms. The van der Waals surface area contributed by atoms with Gasteiger partial charge in [-0.25, -0.2) is 0 Å². The molecule has 1 aromatic rings. The van der Waals surface area contributed by atoms with Gasteiger partial charge >= 0.3 is 0 Å². The average Bonchev–Trinajstić information content (AvgIpc) is 2.19. The summed E-state index contributed by atoms with van der Waals surface area (Å²) in [6.45, 7) is 0.969. The molecule has 0 fully saturated rings. The maximum absolute atomic E-state index is 11.8. The van der Waals surface area contributed by atoms with Crippen LogP contribution in [-0.4, -0.2) is 13.2 Å². The van der Waals surface area contributed by atoms with Crippen molar-refractivity contribution < 1.29 is 4.39 Å². The van der Waals surface area contributed by atoms with Crippen LogP contribution in [0.1, 0.15) is 12.0 Å². The summed E-state index contributed by atoms with van der Waals surface area (Å²) in [7, 11) is 0. The average molecular weight is 182 g/mol. The van der Waals surface area contributed by atoms with Gasteiger partial charge in [0.25, 0.3) is 0 Å². The molecule has 0 aliphatic rings. The number of hydrogen-bond donors (Lipinski definition) is 2. The van der Waals surface area contributed by atoms with Crippen molar-refractivity contribution in [1.29, 1.82) is 0 Å². The molecular formula is C10H15FN2. The van der Waals surface area contributed by atoms with E-state index >= 15 is 0 Å². The van der Waals surface area contributed by atoms with Gasteiger partial charge in [-0.1, -0.05) is 12.1 Å². The first-order chi connectivity index (χ1) is 6.36. The van der Waals surface area contributed by atoms with E-state index in [1.54, 1.807) is 0 Å². The molecule has 0 aliphatic carbocycles. The van der Waals surface area contributed by atoms with E-state index in [1.165, 1.54) is 0 Å². The Kier molecular flexibility index (Phi) is 4.26. The fourth-order valence-corrected chi connectivity index (χ4v) is 1.06. The highest BCUT2D eigenvalue weighted by atomic mass is 19.1. The zero-order valence-corrected chi connectivity index (χ0v) is 7.59. The monoisotopic (exact) mass is 182 g/mol. The lowest BCUT2D eigenvalue weighted by molar-refractivity contribution is 0.481. The van der Waals surface area contributed by atoms with Crippen molar-refractivity contribution in [2.75, 3.05) is 18.5 Å². The minimum atomic E-state index is -0.270. The summed E-state index contributed by atoms with van der Waals surface area (Å²) < 4.78 is 11.8. The van der Waals surface area contributed by atoms with Crippen LogP contribution in [-0.2, 0) is 6.54 Å². The lowest BCUT2D eigenvalue weighted by atomic mass is 10.2. The first-order valence-electron chi connectivity index (χ1n) is 4.45. The maximum atomic E-state index is 11.8. The van der Waals surface area contributed by atoms with Crippen molar-refractivity contribution >= 4 is 5.69 Å².